The van der Waals surface area contributed by atoms with Crippen molar-refractivity contribution in [3.63, 3.8) is 0 Å². The lowest BCUT2D eigenvalue weighted by Gasteiger charge is -2.17. The van der Waals surface area contributed by atoms with E-state index in [0.29, 0.717) is 26.6 Å². The van der Waals surface area contributed by atoms with E-state index < -0.39 is 0 Å². The molecule has 0 rings (SSSR count). The van der Waals surface area contributed by atoms with Gasteiger partial charge in [-0.15, -0.1) is 0 Å². The van der Waals surface area contributed by atoms with E-state index in [1.807, 2.05) is 27.7 Å². The van der Waals surface area contributed by atoms with Gasteiger partial charge in [-0.2, -0.15) is 0 Å². The third-order valence-corrected chi connectivity index (χ3v) is 0.991. The Bertz CT molecular complexity index is 109. The van der Waals surface area contributed by atoms with Crippen LogP contribution in [0.25, 0.3) is 0 Å². The van der Waals surface area contributed by atoms with Crippen LogP contribution in [-0.4, -0.2) is 32.2 Å². The summed E-state index contributed by atoms with van der Waals surface area (Å²) in [7, 11) is 0. The zero-order valence-corrected chi connectivity index (χ0v) is 8.96. The van der Waals surface area contributed by atoms with Gasteiger partial charge in [0.05, 0.1) is 12.2 Å². The summed E-state index contributed by atoms with van der Waals surface area (Å²) in [6, 6.07) is 0. The molecule has 0 amide bonds. The molecule has 13 heavy (non-hydrogen) atoms. The van der Waals surface area contributed by atoms with Gasteiger partial charge >= 0.3 is 0 Å². The fourth-order valence-electron chi connectivity index (χ4n) is 0.513. The Morgan fingerprint density at radius 1 is 1.00 bits per heavy atom. The number of ether oxygens (including phenoxy) is 2. The largest absolute Gasteiger partial charge is 0.356 e. The Morgan fingerprint density at radius 2 is 1.69 bits per heavy atom. The minimum Gasteiger partial charge on any atom is -0.356 e. The molecule has 0 aliphatic heterocycles. The summed E-state index contributed by atoms with van der Waals surface area (Å²) in [5.74, 6) is 0. The molecule has 0 unspecified atom stereocenters. The van der Waals surface area contributed by atoms with Crippen molar-refractivity contribution in [2.75, 3.05) is 26.6 Å². The van der Waals surface area contributed by atoms with Crippen molar-refractivity contribution in [2.24, 2.45) is 0 Å². The molecule has 80 valence electrons. The first kappa shape index (κ1) is 12.8. The Hall–Kier alpha value is -0.160. The molecule has 4 nitrogen and oxygen atoms in total. The Balaban J connectivity index is 3.00. The quantitative estimate of drug-likeness (QED) is 0.266. The lowest BCUT2D eigenvalue weighted by molar-refractivity contribution is -0.352. The SMILES string of the molecule is CCOCOCCOOC(C)(C)C. The van der Waals surface area contributed by atoms with Gasteiger partial charge in [0.2, 0.25) is 0 Å². The summed E-state index contributed by atoms with van der Waals surface area (Å²) in [6.45, 7) is 9.58. The molecule has 0 aromatic carbocycles. The van der Waals surface area contributed by atoms with Crippen LogP contribution in [-0.2, 0) is 19.2 Å². The molecular formula is C9H20O4. The molecule has 0 atom stereocenters. The van der Waals surface area contributed by atoms with Gasteiger partial charge in [0.1, 0.15) is 13.4 Å². The zero-order valence-electron chi connectivity index (χ0n) is 8.96. The van der Waals surface area contributed by atoms with Gasteiger partial charge in [-0.05, 0) is 27.7 Å². The maximum absolute atomic E-state index is 5.06. The fraction of sp³-hybridized carbons (Fsp3) is 1.00. The van der Waals surface area contributed by atoms with E-state index in [2.05, 4.69) is 0 Å². The van der Waals surface area contributed by atoms with E-state index in [9.17, 15) is 0 Å². The van der Waals surface area contributed by atoms with Crippen LogP contribution in [0.2, 0.25) is 0 Å². The van der Waals surface area contributed by atoms with Crippen LogP contribution in [0.1, 0.15) is 27.7 Å². The highest BCUT2D eigenvalue weighted by Crippen LogP contribution is 2.06. The van der Waals surface area contributed by atoms with Crippen molar-refractivity contribution in [1.29, 1.82) is 0 Å². The highest BCUT2D eigenvalue weighted by atomic mass is 17.2. The molecule has 0 heterocycles. The second kappa shape index (κ2) is 7.26. The number of rotatable bonds is 7. The second-order valence-electron chi connectivity index (χ2n) is 3.54. The predicted octanol–water partition coefficient (Wildman–Crippen LogP) is 1.74. The molecule has 0 radical (unpaired) electrons. The minimum atomic E-state index is -0.264. The molecule has 0 aromatic heterocycles. The van der Waals surface area contributed by atoms with Crippen molar-refractivity contribution in [2.45, 2.75) is 33.3 Å². The minimum absolute atomic E-state index is 0.264. The Labute approximate surface area is 80.0 Å². The summed E-state index contributed by atoms with van der Waals surface area (Å²) in [5, 5.41) is 0. The van der Waals surface area contributed by atoms with Crippen LogP contribution in [0, 0.1) is 0 Å². The molecule has 0 spiro atoms. The molecule has 0 saturated heterocycles. The Kier molecular flexibility index (Phi) is 7.17. The first-order valence-electron chi connectivity index (χ1n) is 4.52. The van der Waals surface area contributed by atoms with Crippen LogP contribution < -0.4 is 0 Å². The van der Waals surface area contributed by atoms with Crippen molar-refractivity contribution < 1.29 is 19.2 Å². The predicted molar refractivity (Wildman–Crippen MR) is 49.2 cm³/mol. The highest BCUT2D eigenvalue weighted by molar-refractivity contribution is 4.54. The molecule has 4 heteroatoms. The van der Waals surface area contributed by atoms with E-state index in [4.69, 9.17) is 19.2 Å². The van der Waals surface area contributed by atoms with E-state index >= 15 is 0 Å². The molecule has 0 fully saturated rings. The molecule has 0 saturated carbocycles. The molecule has 0 aliphatic carbocycles. The normalized spacial score (nSPS) is 12.0. The Morgan fingerprint density at radius 3 is 2.23 bits per heavy atom. The van der Waals surface area contributed by atoms with Crippen molar-refractivity contribution in [3.8, 4) is 0 Å². The van der Waals surface area contributed by atoms with Crippen molar-refractivity contribution in [1.82, 2.24) is 0 Å². The molecule has 0 bridgehead atoms. The standard InChI is InChI=1S/C9H20O4/c1-5-10-8-11-6-7-12-13-9(2,3)4/h5-8H2,1-4H3. The number of hydrogen-bond acceptors (Lipinski definition) is 4. The van der Waals surface area contributed by atoms with Crippen LogP contribution in [0.15, 0.2) is 0 Å². The maximum atomic E-state index is 5.06. The fourth-order valence-corrected chi connectivity index (χ4v) is 0.513. The maximum Gasteiger partial charge on any atom is 0.146 e. The average Bonchev–Trinajstić information content (AvgIpc) is 2.01. The summed E-state index contributed by atoms with van der Waals surface area (Å²) >= 11 is 0. The number of hydrogen-bond donors (Lipinski definition) is 0. The summed E-state index contributed by atoms with van der Waals surface area (Å²) in [4.78, 5) is 9.91. The van der Waals surface area contributed by atoms with E-state index in [-0.39, 0.29) is 5.60 Å². The summed E-state index contributed by atoms with van der Waals surface area (Å²) in [6.07, 6.45) is 0. The lowest BCUT2D eigenvalue weighted by Crippen LogP contribution is -2.20. The monoisotopic (exact) mass is 192 g/mol. The topological polar surface area (TPSA) is 36.9 Å². The van der Waals surface area contributed by atoms with E-state index in [1.54, 1.807) is 0 Å². The van der Waals surface area contributed by atoms with E-state index in [0.717, 1.165) is 0 Å². The lowest BCUT2D eigenvalue weighted by atomic mass is 10.2. The van der Waals surface area contributed by atoms with Gasteiger partial charge in [0.25, 0.3) is 0 Å². The van der Waals surface area contributed by atoms with Crippen LogP contribution in [0.4, 0.5) is 0 Å². The van der Waals surface area contributed by atoms with Gasteiger partial charge in [-0.1, -0.05) is 0 Å². The summed E-state index contributed by atoms with van der Waals surface area (Å²) in [5.41, 5.74) is -0.264. The van der Waals surface area contributed by atoms with Gasteiger partial charge in [-0.3, -0.25) is 0 Å². The molecule has 0 aromatic rings. The molecular weight excluding hydrogens is 172 g/mol. The van der Waals surface area contributed by atoms with Gasteiger partial charge in [0.15, 0.2) is 0 Å². The van der Waals surface area contributed by atoms with Crippen molar-refractivity contribution >= 4 is 0 Å². The molecule has 0 N–H and O–H groups in total. The van der Waals surface area contributed by atoms with Crippen molar-refractivity contribution in [3.05, 3.63) is 0 Å². The van der Waals surface area contributed by atoms with Crippen LogP contribution in [0.5, 0.6) is 0 Å². The van der Waals surface area contributed by atoms with Crippen LogP contribution >= 0.6 is 0 Å². The second-order valence-corrected chi connectivity index (χ2v) is 3.54. The third-order valence-electron chi connectivity index (χ3n) is 0.991. The summed E-state index contributed by atoms with van der Waals surface area (Å²) < 4.78 is 10.0. The van der Waals surface area contributed by atoms with E-state index in [1.165, 1.54) is 0 Å². The molecule has 0 aliphatic rings. The smallest absolute Gasteiger partial charge is 0.146 e. The van der Waals surface area contributed by atoms with Gasteiger partial charge in [-0.25, -0.2) is 9.78 Å². The van der Waals surface area contributed by atoms with Gasteiger partial charge in [0, 0.05) is 6.61 Å². The first-order chi connectivity index (χ1) is 6.06. The third kappa shape index (κ3) is 11.8. The van der Waals surface area contributed by atoms with Gasteiger partial charge < -0.3 is 9.47 Å². The zero-order chi connectivity index (χ0) is 10.2. The first-order valence-corrected chi connectivity index (χ1v) is 4.52. The highest BCUT2D eigenvalue weighted by Gasteiger charge is 2.10. The van der Waals surface area contributed by atoms with Crippen LogP contribution in [0.3, 0.4) is 0 Å². The average molecular weight is 192 g/mol.